The maximum Gasteiger partial charge on any atom is 0.321 e. The van der Waals surface area contributed by atoms with Crippen LogP contribution in [0.15, 0.2) is 29.8 Å². The highest BCUT2D eigenvalue weighted by molar-refractivity contribution is 7.09. The first-order valence-corrected chi connectivity index (χ1v) is 7.95. The molecule has 3 rings (SSSR count). The van der Waals surface area contributed by atoms with Crippen LogP contribution in [-0.2, 0) is 24.2 Å². The molecule has 0 saturated heterocycles. The second-order valence-corrected chi connectivity index (χ2v) is 6.35. The molecule has 1 atom stereocenters. The number of aromatic nitrogens is 1. The molecule has 1 N–H and O–H groups in total. The molecule has 2 heterocycles. The van der Waals surface area contributed by atoms with Gasteiger partial charge in [-0.15, -0.1) is 11.3 Å². The molecule has 0 amide bonds. The Morgan fingerprint density at radius 2 is 2.19 bits per heavy atom. The van der Waals surface area contributed by atoms with Crippen LogP contribution in [0.5, 0.6) is 0 Å². The van der Waals surface area contributed by atoms with Gasteiger partial charge in [0, 0.05) is 18.0 Å². The molecule has 0 spiro atoms. The second-order valence-electron chi connectivity index (χ2n) is 5.41. The van der Waals surface area contributed by atoms with Gasteiger partial charge in [-0.2, -0.15) is 0 Å². The van der Waals surface area contributed by atoms with E-state index in [0.717, 1.165) is 24.2 Å². The van der Waals surface area contributed by atoms with Gasteiger partial charge in [0.2, 0.25) is 0 Å². The maximum atomic E-state index is 11.6. The van der Waals surface area contributed by atoms with E-state index in [-0.39, 0.29) is 0 Å². The minimum Gasteiger partial charge on any atom is -0.480 e. The lowest BCUT2D eigenvalue weighted by atomic mass is 9.94. The molecule has 0 fully saturated rings. The Morgan fingerprint density at radius 1 is 1.43 bits per heavy atom. The Morgan fingerprint density at radius 3 is 2.86 bits per heavy atom. The summed E-state index contributed by atoms with van der Waals surface area (Å²) in [6, 6.07) is 7.71. The molecule has 0 radical (unpaired) electrons. The standard InChI is InChI=1S/C16H18N2O2S/c1-11-15(21-10-17-11)6-7-18-9-13-5-3-2-4-12(13)8-14(18)16(19)20/h2-5,10,14H,6-9H2,1H3,(H,19,20)/t14-/m0/s1. The van der Waals surface area contributed by atoms with Crippen molar-refractivity contribution in [1.29, 1.82) is 0 Å². The molecule has 5 heteroatoms. The Kier molecular flexibility index (Phi) is 4.03. The fourth-order valence-corrected chi connectivity index (χ4v) is 3.64. The van der Waals surface area contributed by atoms with Crippen molar-refractivity contribution in [3.05, 3.63) is 51.5 Å². The molecule has 1 aromatic heterocycles. The molecule has 1 aromatic carbocycles. The van der Waals surface area contributed by atoms with E-state index in [2.05, 4.69) is 16.0 Å². The first-order chi connectivity index (χ1) is 10.1. The Balaban J connectivity index is 1.76. The van der Waals surface area contributed by atoms with Crippen LogP contribution in [0, 0.1) is 6.92 Å². The quantitative estimate of drug-likeness (QED) is 0.943. The van der Waals surface area contributed by atoms with Crippen LogP contribution in [0.3, 0.4) is 0 Å². The molecule has 1 aliphatic heterocycles. The van der Waals surface area contributed by atoms with Crippen molar-refractivity contribution in [3.63, 3.8) is 0 Å². The van der Waals surface area contributed by atoms with Crippen molar-refractivity contribution in [2.24, 2.45) is 0 Å². The average molecular weight is 302 g/mol. The van der Waals surface area contributed by atoms with Gasteiger partial charge >= 0.3 is 5.97 Å². The Labute approximate surface area is 128 Å². The SMILES string of the molecule is Cc1ncsc1CCN1Cc2ccccc2C[C@H]1C(=O)O. The molecule has 2 aromatic rings. The average Bonchev–Trinajstić information content (AvgIpc) is 2.89. The van der Waals surface area contributed by atoms with Crippen molar-refractivity contribution >= 4 is 17.3 Å². The lowest BCUT2D eigenvalue weighted by molar-refractivity contribution is -0.143. The van der Waals surface area contributed by atoms with E-state index in [0.29, 0.717) is 13.0 Å². The monoisotopic (exact) mass is 302 g/mol. The number of rotatable bonds is 4. The van der Waals surface area contributed by atoms with E-state index < -0.39 is 12.0 Å². The fraction of sp³-hybridized carbons (Fsp3) is 0.375. The topological polar surface area (TPSA) is 53.4 Å². The number of thiazole rings is 1. The smallest absolute Gasteiger partial charge is 0.321 e. The first kappa shape index (κ1) is 14.2. The Bertz CT molecular complexity index is 653. The van der Waals surface area contributed by atoms with Crippen LogP contribution in [0.25, 0.3) is 0 Å². The lowest BCUT2D eigenvalue weighted by Gasteiger charge is -2.34. The summed E-state index contributed by atoms with van der Waals surface area (Å²) in [4.78, 5) is 19.1. The van der Waals surface area contributed by atoms with E-state index in [1.807, 2.05) is 30.6 Å². The lowest BCUT2D eigenvalue weighted by Crippen LogP contribution is -2.46. The van der Waals surface area contributed by atoms with Crippen LogP contribution < -0.4 is 0 Å². The third kappa shape index (κ3) is 2.99. The molecule has 0 aliphatic carbocycles. The van der Waals surface area contributed by atoms with Gasteiger partial charge in [0.25, 0.3) is 0 Å². The zero-order chi connectivity index (χ0) is 14.8. The van der Waals surface area contributed by atoms with Gasteiger partial charge in [0.05, 0.1) is 11.2 Å². The van der Waals surface area contributed by atoms with Gasteiger partial charge in [-0.25, -0.2) is 4.98 Å². The number of carboxylic acids is 1. The number of nitrogens with zero attached hydrogens (tertiary/aromatic N) is 2. The summed E-state index contributed by atoms with van der Waals surface area (Å²) < 4.78 is 0. The molecule has 0 saturated carbocycles. The number of carbonyl (C=O) groups is 1. The number of fused-ring (bicyclic) bond motifs is 1. The minimum atomic E-state index is -0.731. The summed E-state index contributed by atoms with van der Waals surface area (Å²) in [7, 11) is 0. The van der Waals surface area contributed by atoms with E-state index in [4.69, 9.17) is 0 Å². The van der Waals surface area contributed by atoms with Gasteiger partial charge < -0.3 is 5.11 Å². The number of hydrogen-bond donors (Lipinski definition) is 1. The van der Waals surface area contributed by atoms with Crippen LogP contribution in [-0.4, -0.2) is 33.5 Å². The molecule has 4 nitrogen and oxygen atoms in total. The van der Waals surface area contributed by atoms with E-state index in [9.17, 15) is 9.90 Å². The van der Waals surface area contributed by atoms with Crippen LogP contribution in [0.4, 0.5) is 0 Å². The van der Waals surface area contributed by atoms with Crippen molar-refractivity contribution < 1.29 is 9.90 Å². The normalized spacial score (nSPS) is 18.4. The summed E-state index contributed by atoms with van der Waals surface area (Å²) in [5, 5.41) is 9.49. The van der Waals surface area contributed by atoms with Gasteiger partial charge in [0.15, 0.2) is 0 Å². The zero-order valence-corrected chi connectivity index (χ0v) is 12.8. The molecular formula is C16H18N2O2S. The van der Waals surface area contributed by atoms with E-state index in [1.165, 1.54) is 10.4 Å². The second kappa shape index (κ2) is 5.95. The Hall–Kier alpha value is -1.72. The number of benzene rings is 1. The van der Waals surface area contributed by atoms with Gasteiger partial charge in [-0.1, -0.05) is 24.3 Å². The molecule has 21 heavy (non-hydrogen) atoms. The molecule has 110 valence electrons. The third-order valence-corrected chi connectivity index (χ3v) is 5.10. The maximum absolute atomic E-state index is 11.6. The summed E-state index contributed by atoms with van der Waals surface area (Å²) in [6.45, 7) is 3.48. The predicted octanol–water partition coefficient (Wildman–Crippen LogP) is 2.51. The molecule has 0 unspecified atom stereocenters. The highest BCUT2D eigenvalue weighted by Gasteiger charge is 2.30. The first-order valence-electron chi connectivity index (χ1n) is 7.07. The van der Waals surface area contributed by atoms with E-state index >= 15 is 0 Å². The largest absolute Gasteiger partial charge is 0.480 e. The highest BCUT2D eigenvalue weighted by atomic mass is 32.1. The van der Waals surface area contributed by atoms with Crippen LogP contribution in [0.1, 0.15) is 21.7 Å². The molecular weight excluding hydrogens is 284 g/mol. The summed E-state index contributed by atoms with van der Waals surface area (Å²) in [5.41, 5.74) is 5.32. The van der Waals surface area contributed by atoms with Gasteiger partial charge in [0.1, 0.15) is 6.04 Å². The number of hydrogen-bond acceptors (Lipinski definition) is 4. The van der Waals surface area contributed by atoms with Gasteiger partial charge in [-0.05, 0) is 30.9 Å². The van der Waals surface area contributed by atoms with Crippen LogP contribution >= 0.6 is 11.3 Å². The van der Waals surface area contributed by atoms with Crippen molar-refractivity contribution in [2.45, 2.75) is 32.4 Å². The van der Waals surface area contributed by atoms with Crippen LogP contribution in [0.2, 0.25) is 0 Å². The number of aryl methyl sites for hydroxylation is 1. The van der Waals surface area contributed by atoms with Crippen molar-refractivity contribution in [1.82, 2.24) is 9.88 Å². The predicted molar refractivity (Wildman–Crippen MR) is 82.5 cm³/mol. The number of aliphatic carboxylic acids is 1. The molecule has 0 bridgehead atoms. The minimum absolute atomic E-state index is 0.423. The van der Waals surface area contributed by atoms with Gasteiger partial charge in [-0.3, -0.25) is 9.69 Å². The van der Waals surface area contributed by atoms with Crippen molar-refractivity contribution in [3.8, 4) is 0 Å². The zero-order valence-electron chi connectivity index (χ0n) is 12.0. The summed E-state index contributed by atoms with van der Waals surface area (Å²) in [5.74, 6) is -0.731. The third-order valence-electron chi connectivity index (χ3n) is 4.10. The van der Waals surface area contributed by atoms with E-state index in [1.54, 1.807) is 11.3 Å². The summed E-state index contributed by atoms with van der Waals surface area (Å²) in [6.07, 6.45) is 1.45. The number of carboxylic acid groups (broad SMARTS) is 1. The van der Waals surface area contributed by atoms with Crippen molar-refractivity contribution in [2.75, 3.05) is 6.54 Å². The molecule has 1 aliphatic rings. The fourth-order valence-electron chi connectivity index (χ4n) is 2.87. The highest BCUT2D eigenvalue weighted by Crippen LogP contribution is 2.24. The summed E-state index contributed by atoms with van der Waals surface area (Å²) >= 11 is 1.65.